The fourth-order valence-corrected chi connectivity index (χ4v) is 8.64. The highest BCUT2D eigenvalue weighted by Gasteiger charge is 2.30. The summed E-state index contributed by atoms with van der Waals surface area (Å²) in [6.45, 7) is 19.6. The average Bonchev–Trinajstić information content (AvgIpc) is 3.35. The number of amides is 1. The van der Waals surface area contributed by atoms with Gasteiger partial charge in [0.1, 0.15) is 12.1 Å². The highest BCUT2D eigenvalue weighted by atomic mass is 35.5. The minimum Gasteiger partial charge on any atom is -0.480 e. The molecular formula is C58H73ClN6O9. The zero-order valence-corrected chi connectivity index (χ0v) is 45.5. The zero-order valence-electron chi connectivity index (χ0n) is 44.7. The summed E-state index contributed by atoms with van der Waals surface area (Å²) in [5.41, 5.74) is 17.5. The van der Waals surface area contributed by atoms with Crippen LogP contribution in [0.15, 0.2) is 120 Å². The van der Waals surface area contributed by atoms with Gasteiger partial charge >= 0.3 is 17.9 Å². The second kappa shape index (κ2) is 28.9. The molecule has 0 radical (unpaired) electrons. The SMILES string of the molecule is CC[C@@H](C)C(C(=O)N[C@@H](CC(=O)OC)c1cncc(-c2c(C)cccc2C)c1)n1ccc(C)cc1=O.CC[C@@H](C)[C@@H](C(=O)O)n1ccc(C)cc1=O.COC(=O)C[C@H](N)c1cncc(-c2c(C)cccc2C)c1.Cl. The molecule has 4 heterocycles. The standard InChI is InChI=1S/C29H35N3O4.C17H20N2O2.C12H17NO3.ClH/c1-7-19(3)28(32-12-11-18(2)13-25(32)33)29(35)31-24(15-26(34)36-6)22-14-23(17-30-16-22)27-20(4)9-8-10-21(27)5;1-11-5-4-6-12(2)17(11)14-7-13(9-19-10-14)15(18)8-16(20)21-3;1-4-9(3)11(12(15)16)13-6-5-8(2)7-10(13)14;/h8-14,16-17,19,24,28H,7,15H2,1-6H3,(H,31,35);4-7,9-10,15H,8,18H2,1-3H3;5-7,9,11H,4H2,1-3H3,(H,15,16);1H/t19-,24+,28?;15-;9-,11+;/m101./s1. The van der Waals surface area contributed by atoms with Crippen molar-refractivity contribution in [2.75, 3.05) is 14.2 Å². The van der Waals surface area contributed by atoms with Gasteiger partial charge in [0.15, 0.2) is 0 Å². The number of carboxylic acids is 1. The molecule has 0 aliphatic rings. The summed E-state index contributed by atoms with van der Waals surface area (Å²) in [5.74, 6) is -2.24. The van der Waals surface area contributed by atoms with Crippen LogP contribution in [0.3, 0.4) is 0 Å². The van der Waals surface area contributed by atoms with E-state index < -0.39 is 36.1 Å². The molecule has 74 heavy (non-hydrogen) atoms. The van der Waals surface area contributed by atoms with Crippen molar-refractivity contribution >= 4 is 36.2 Å². The molecule has 1 unspecified atom stereocenters. The fraction of sp³-hybridized carbons (Fsp3) is 0.379. The van der Waals surface area contributed by atoms with E-state index >= 15 is 0 Å². The summed E-state index contributed by atoms with van der Waals surface area (Å²) in [5, 5.41) is 12.2. The number of esters is 2. The number of nitrogens with two attached hydrogens (primary N) is 1. The summed E-state index contributed by atoms with van der Waals surface area (Å²) >= 11 is 0. The number of pyridine rings is 4. The van der Waals surface area contributed by atoms with Crippen LogP contribution < -0.4 is 22.2 Å². The number of ether oxygens (including phenoxy) is 2. The molecule has 0 spiro atoms. The van der Waals surface area contributed by atoms with Crippen LogP contribution in [0.1, 0.15) is 122 Å². The number of hydrogen-bond acceptors (Lipinski definition) is 11. The van der Waals surface area contributed by atoms with Gasteiger partial charge in [0.2, 0.25) is 5.91 Å². The summed E-state index contributed by atoms with van der Waals surface area (Å²) in [6.07, 6.45) is 11.7. The summed E-state index contributed by atoms with van der Waals surface area (Å²) in [4.78, 5) is 81.6. The normalized spacial score (nSPS) is 13.1. The van der Waals surface area contributed by atoms with Gasteiger partial charge in [-0.25, -0.2) is 4.79 Å². The van der Waals surface area contributed by atoms with E-state index in [-0.39, 0.29) is 60.1 Å². The Kier molecular flexibility index (Phi) is 23.8. The van der Waals surface area contributed by atoms with Crippen LogP contribution >= 0.6 is 12.4 Å². The Hall–Kier alpha value is -7.23. The van der Waals surface area contributed by atoms with Crippen molar-refractivity contribution in [1.29, 1.82) is 0 Å². The van der Waals surface area contributed by atoms with Crippen molar-refractivity contribution in [3.05, 3.63) is 175 Å². The van der Waals surface area contributed by atoms with Crippen molar-refractivity contribution < 1.29 is 33.8 Å². The molecule has 16 heteroatoms. The number of carbonyl (C=O) groups excluding carboxylic acids is 3. The largest absolute Gasteiger partial charge is 0.480 e. The monoisotopic (exact) mass is 1030 g/mol. The number of methoxy groups -OCH3 is 2. The van der Waals surface area contributed by atoms with Gasteiger partial charge in [-0.3, -0.25) is 33.9 Å². The first-order valence-corrected chi connectivity index (χ1v) is 24.5. The molecule has 2 aromatic carbocycles. The molecule has 6 rings (SSSR count). The first-order valence-electron chi connectivity index (χ1n) is 24.5. The van der Waals surface area contributed by atoms with E-state index in [1.165, 1.54) is 46.6 Å². The summed E-state index contributed by atoms with van der Waals surface area (Å²) < 4.78 is 12.3. The lowest BCUT2D eigenvalue weighted by atomic mass is 9.94. The van der Waals surface area contributed by atoms with E-state index in [1.54, 1.807) is 37.1 Å². The van der Waals surface area contributed by atoms with Gasteiger partial charge in [0.05, 0.1) is 33.1 Å². The van der Waals surface area contributed by atoms with Crippen molar-refractivity contribution in [3.63, 3.8) is 0 Å². The lowest BCUT2D eigenvalue weighted by Gasteiger charge is -2.27. The number of benzene rings is 2. The maximum Gasteiger partial charge on any atom is 0.327 e. The molecule has 4 N–H and O–H groups in total. The van der Waals surface area contributed by atoms with Crippen LogP contribution in [0.2, 0.25) is 0 Å². The Morgan fingerprint density at radius 1 is 0.622 bits per heavy atom. The number of aromatic nitrogens is 4. The number of nitrogens with one attached hydrogen (secondary N) is 1. The van der Waals surface area contributed by atoms with E-state index in [4.69, 9.17) is 15.6 Å². The quantitative estimate of drug-likeness (QED) is 0.0728. The number of carboxylic acid groups (broad SMARTS) is 1. The van der Waals surface area contributed by atoms with E-state index in [0.29, 0.717) is 12.0 Å². The number of aryl methyl sites for hydroxylation is 6. The zero-order chi connectivity index (χ0) is 54.1. The lowest BCUT2D eigenvalue weighted by Crippen LogP contribution is -2.42. The van der Waals surface area contributed by atoms with Gasteiger partial charge in [0, 0.05) is 66.5 Å². The predicted octanol–water partition coefficient (Wildman–Crippen LogP) is 10.0. The molecule has 1 amide bonds. The van der Waals surface area contributed by atoms with E-state index in [2.05, 4.69) is 46.0 Å². The van der Waals surface area contributed by atoms with E-state index in [9.17, 15) is 28.8 Å². The third-order valence-corrected chi connectivity index (χ3v) is 13.1. The molecule has 6 atom stereocenters. The molecule has 0 saturated heterocycles. The Labute approximate surface area is 441 Å². The van der Waals surface area contributed by atoms with Gasteiger partial charge in [-0.05, 0) is 133 Å². The maximum absolute atomic E-state index is 13.7. The van der Waals surface area contributed by atoms with Crippen LogP contribution in [0.5, 0.6) is 0 Å². The molecule has 15 nitrogen and oxygen atoms in total. The summed E-state index contributed by atoms with van der Waals surface area (Å²) in [6, 6.07) is 20.2. The van der Waals surface area contributed by atoms with Crippen LogP contribution in [0, 0.1) is 53.4 Å². The molecule has 4 aromatic heterocycles. The van der Waals surface area contributed by atoms with Crippen LogP contribution in [0.25, 0.3) is 22.3 Å². The van der Waals surface area contributed by atoms with Crippen molar-refractivity contribution in [3.8, 4) is 22.3 Å². The number of nitrogens with zero attached hydrogens (tertiary/aromatic N) is 4. The van der Waals surface area contributed by atoms with Gasteiger partial charge in [-0.1, -0.05) is 76.9 Å². The lowest BCUT2D eigenvalue weighted by molar-refractivity contribution is -0.143. The molecular weight excluding hydrogens is 960 g/mol. The second-order valence-corrected chi connectivity index (χ2v) is 18.7. The fourth-order valence-electron chi connectivity index (χ4n) is 8.64. The number of carbonyl (C=O) groups is 4. The third kappa shape index (κ3) is 16.4. The Morgan fingerprint density at radius 3 is 1.45 bits per heavy atom. The highest BCUT2D eigenvalue weighted by molar-refractivity contribution is 5.85. The first-order chi connectivity index (χ1) is 34.6. The van der Waals surface area contributed by atoms with Gasteiger partial charge < -0.3 is 34.8 Å². The molecule has 6 aromatic rings. The van der Waals surface area contributed by atoms with Crippen molar-refractivity contribution in [2.24, 2.45) is 17.6 Å². The Bertz CT molecular complexity index is 2950. The van der Waals surface area contributed by atoms with Crippen LogP contribution in [0.4, 0.5) is 0 Å². The predicted molar refractivity (Wildman–Crippen MR) is 292 cm³/mol. The maximum atomic E-state index is 13.7. The number of aliphatic carboxylic acids is 1. The third-order valence-electron chi connectivity index (χ3n) is 13.1. The molecule has 0 saturated carbocycles. The van der Waals surface area contributed by atoms with Gasteiger partial charge in [-0.2, -0.15) is 0 Å². The minimum atomic E-state index is -0.958. The van der Waals surface area contributed by atoms with E-state index in [0.717, 1.165) is 56.5 Å². The van der Waals surface area contributed by atoms with Crippen molar-refractivity contribution in [1.82, 2.24) is 24.4 Å². The first kappa shape index (κ1) is 61.1. The minimum absolute atomic E-state index is 0. The van der Waals surface area contributed by atoms with Crippen LogP contribution in [-0.2, 0) is 28.7 Å². The topological polar surface area (TPSA) is 215 Å². The number of halogens is 1. The molecule has 0 bridgehead atoms. The van der Waals surface area contributed by atoms with Gasteiger partial charge in [0.25, 0.3) is 11.1 Å². The van der Waals surface area contributed by atoms with Gasteiger partial charge in [-0.15, -0.1) is 12.4 Å². The Morgan fingerprint density at radius 2 is 1.03 bits per heavy atom. The van der Waals surface area contributed by atoms with Crippen LogP contribution in [-0.4, -0.2) is 62.2 Å². The molecule has 396 valence electrons. The average molecular weight is 1030 g/mol. The highest BCUT2D eigenvalue weighted by Crippen LogP contribution is 2.31. The Balaban J connectivity index is 0.000000321. The summed E-state index contributed by atoms with van der Waals surface area (Å²) in [7, 11) is 2.68. The van der Waals surface area contributed by atoms with Crippen molar-refractivity contribution in [2.45, 2.75) is 119 Å². The molecule has 0 aliphatic heterocycles. The second-order valence-electron chi connectivity index (χ2n) is 18.7. The smallest absolute Gasteiger partial charge is 0.327 e. The molecule has 0 aliphatic carbocycles. The number of rotatable bonds is 17. The molecule has 0 fully saturated rings. The van der Waals surface area contributed by atoms with E-state index in [1.807, 2.05) is 104 Å². The number of hydrogen-bond donors (Lipinski definition) is 3.